The van der Waals surface area contributed by atoms with Crippen LogP contribution in [0.2, 0.25) is 0 Å². The van der Waals surface area contributed by atoms with Crippen molar-refractivity contribution in [2.75, 3.05) is 20.1 Å². The number of carbonyl (C=O) groups excluding carboxylic acids is 1. The van der Waals surface area contributed by atoms with E-state index in [2.05, 4.69) is 17.6 Å². The van der Waals surface area contributed by atoms with Crippen LogP contribution in [-0.4, -0.2) is 26.0 Å². The van der Waals surface area contributed by atoms with Crippen molar-refractivity contribution in [3.8, 4) is 0 Å². The number of hydrogen-bond donors (Lipinski definition) is 2. The summed E-state index contributed by atoms with van der Waals surface area (Å²) in [5.74, 6) is 0.172. The second kappa shape index (κ2) is 7.82. The van der Waals surface area contributed by atoms with Gasteiger partial charge >= 0.3 is 0 Å². The minimum absolute atomic E-state index is 0.0159. The van der Waals surface area contributed by atoms with Crippen LogP contribution in [0.25, 0.3) is 0 Å². The number of nitrogens with one attached hydrogen (secondary N) is 2. The summed E-state index contributed by atoms with van der Waals surface area (Å²) in [6.07, 6.45) is 0.972. The van der Waals surface area contributed by atoms with Crippen molar-refractivity contribution in [2.45, 2.75) is 19.8 Å². The molecule has 0 unspecified atom stereocenters. The van der Waals surface area contributed by atoms with Crippen LogP contribution in [0.4, 0.5) is 4.39 Å². The molecule has 100 valence electrons. The molecule has 0 aromatic heterocycles. The van der Waals surface area contributed by atoms with E-state index in [1.54, 1.807) is 6.07 Å². The third-order valence-electron chi connectivity index (χ3n) is 2.73. The van der Waals surface area contributed by atoms with Crippen molar-refractivity contribution < 1.29 is 9.18 Å². The van der Waals surface area contributed by atoms with Gasteiger partial charge in [0.1, 0.15) is 5.82 Å². The standard InChI is InChI=1S/C14H21FN2O/c1-11(9-16-2)10-17-14(18)7-6-12-4-3-5-13(15)8-12/h3-5,8,11,16H,6-7,9-10H2,1-2H3,(H,17,18)/t11-/m1/s1. The van der Waals surface area contributed by atoms with Crippen molar-refractivity contribution in [1.82, 2.24) is 10.6 Å². The lowest BCUT2D eigenvalue weighted by atomic mass is 10.1. The first kappa shape index (κ1) is 14.6. The largest absolute Gasteiger partial charge is 0.356 e. The molecule has 0 bridgehead atoms. The molecule has 0 aliphatic carbocycles. The fourth-order valence-electron chi connectivity index (χ4n) is 1.75. The molecule has 1 aromatic rings. The minimum Gasteiger partial charge on any atom is -0.356 e. The Balaban J connectivity index is 2.25. The van der Waals surface area contributed by atoms with Gasteiger partial charge in [-0.25, -0.2) is 4.39 Å². The molecule has 1 aromatic carbocycles. The Morgan fingerprint density at radius 1 is 1.39 bits per heavy atom. The van der Waals surface area contributed by atoms with E-state index in [9.17, 15) is 9.18 Å². The van der Waals surface area contributed by atoms with Crippen LogP contribution in [0.3, 0.4) is 0 Å². The highest BCUT2D eigenvalue weighted by Gasteiger charge is 2.05. The maximum atomic E-state index is 12.9. The topological polar surface area (TPSA) is 41.1 Å². The Labute approximate surface area is 108 Å². The van der Waals surface area contributed by atoms with Gasteiger partial charge in [0.2, 0.25) is 5.91 Å². The van der Waals surface area contributed by atoms with E-state index >= 15 is 0 Å². The van der Waals surface area contributed by atoms with Crippen LogP contribution >= 0.6 is 0 Å². The van der Waals surface area contributed by atoms with Crippen LogP contribution < -0.4 is 10.6 Å². The maximum absolute atomic E-state index is 12.9. The van der Waals surface area contributed by atoms with Crippen molar-refractivity contribution in [3.63, 3.8) is 0 Å². The summed E-state index contributed by atoms with van der Waals surface area (Å²) in [4.78, 5) is 11.6. The first-order chi connectivity index (χ1) is 8.61. The molecule has 0 aliphatic heterocycles. The lowest BCUT2D eigenvalue weighted by Crippen LogP contribution is -2.32. The summed E-state index contributed by atoms with van der Waals surface area (Å²) in [6.45, 7) is 3.62. The number of hydrogen-bond acceptors (Lipinski definition) is 2. The summed E-state index contributed by atoms with van der Waals surface area (Å²) >= 11 is 0. The van der Waals surface area contributed by atoms with Gasteiger partial charge < -0.3 is 10.6 Å². The van der Waals surface area contributed by atoms with Gasteiger partial charge in [-0.3, -0.25) is 4.79 Å². The predicted molar refractivity (Wildman–Crippen MR) is 70.8 cm³/mol. The summed E-state index contributed by atoms with van der Waals surface area (Å²) in [5, 5.41) is 5.94. The summed E-state index contributed by atoms with van der Waals surface area (Å²) in [6, 6.07) is 6.37. The molecule has 0 aliphatic rings. The van der Waals surface area contributed by atoms with E-state index < -0.39 is 0 Å². The van der Waals surface area contributed by atoms with E-state index in [1.807, 2.05) is 13.1 Å². The molecule has 0 spiro atoms. The normalized spacial score (nSPS) is 12.2. The van der Waals surface area contributed by atoms with Crippen molar-refractivity contribution in [1.29, 1.82) is 0 Å². The highest BCUT2D eigenvalue weighted by Crippen LogP contribution is 2.06. The zero-order valence-electron chi connectivity index (χ0n) is 11.0. The molecule has 0 heterocycles. The van der Waals surface area contributed by atoms with Crippen molar-refractivity contribution in [2.24, 2.45) is 5.92 Å². The molecule has 1 amide bonds. The third kappa shape index (κ3) is 5.77. The highest BCUT2D eigenvalue weighted by molar-refractivity contribution is 5.76. The monoisotopic (exact) mass is 252 g/mol. The summed E-state index contributed by atoms with van der Waals surface area (Å²) < 4.78 is 12.9. The number of carbonyl (C=O) groups is 1. The second-order valence-electron chi connectivity index (χ2n) is 4.60. The van der Waals surface area contributed by atoms with Crippen LogP contribution in [-0.2, 0) is 11.2 Å². The molecule has 3 nitrogen and oxygen atoms in total. The summed E-state index contributed by atoms with van der Waals surface area (Å²) in [7, 11) is 1.89. The van der Waals surface area contributed by atoms with Crippen LogP contribution in [0.1, 0.15) is 18.9 Å². The van der Waals surface area contributed by atoms with Crippen molar-refractivity contribution >= 4 is 5.91 Å². The Morgan fingerprint density at radius 2 is 2.17 bits per heavy atom. The maximum Gasteiger partial charge on any atom is 0.220 e. The van der Waals surface area contributed by atoms with Gasteiger partial charge in [-0.05, 0) is 43.6 Å². The van der Waals surface area contributed by atoms with Gasteiger partial charge in [0, 0.05) is 13.0 Å². The molecule has 2 N–H and O–H groups in total. The Bertz CT molecular complexity index is 382. The SMILES string of the molecule is CNC[C@@H](C)CNC(=O)CCc1cccc(F)c1. The average Bonchev–Trinajstić information content (AvgIpc) is 2.34. The quantitative estimate of drug-likeness (QED) is 0.776. The number of aryl methyl sites for hydroxylation is 1. The Morgan fingerprint density at radius 3 is 2.83 bits per heavy atom. The zero-order valence-corrected chi connectivity index (χ0v) is 11.0. The molecule has 0 radical (unpaired) electrons. The first-order valence-corrected chi connectivity index (χ1v) is 6.27. The van der Waals surface area contributed by atoms with Crippen LogP contribution in [0.5, 0.6) is 0 Å². The number of benzene rings is 1. The second-order valence-corrected chi connectivity index (χ2v) is 4.60. The number of halogens is 1. The molecule has 0 saturated heterocycles. The minimum atomic E-state index is -0.254. The van der Waals surface area contributed by atoms with Gasteiger partial charge in [0.05, 0.1) is 0 Å². The van der Waals surface area contributed by atoms with E-state index in [1.165, 1.54) is 12.1 Å². The molecular weight excluding hydrogens is 231 g/mol. The fourth-order valence-corrected chi connectivity index (χ4v) is 1.75. The summed E-state index contributed by atoms with van der Waals surface area (Å²) in [5.41, 5.74) is 0.855. The molecule has 1 rings (SSSR count). The van der Waals surface area contributed by atoms with Gasteiger partial charge in [-0.15, -0.1) is 0 Å². The van der Waals surface area contributed by atoms with Gasteiger partial charge in [-0.1, -0.05) is 19.1 Å². The zero-order chi connectivity index (χ0) is 13.4. The molecule has 0 fully saturated rings. The molecule has 1 atom stereocenters. The smallest absolute Gasteiger partial charge is 0.220 e. The van der Waals surface area contributed by atoms with Gasteiger partial charge in [0.25, 0.3) is 0 Å². The lowest BCUT2D eigenvalue weighted by Gasteiger charge is -2.11. The molecule has 0 saturated carbocycles. The van der Waals surface area contributed by atoms with Gasteiger partial charge in [-0.2, -0.15) is 0 Å². The van der Waals surface area contributed by atoms with E-state index in [0.29, 0.717) is 25.3 Å². The van der Waals surface area contributed by atoms with Gasteiger partial charge in [0.15, 0.2) is 0 Å². The average molecular weight is 252 g/mol. The Hall–Kier alpha value is -1.42. The lowest BCUT2D eigenvalue weighted by molar-refractivity contribution is -0.121. The van der Waals surface area contributed by atoms with Crippen LogP contribution in [0, 0.1) is 11.7 Å². The number of amides is 1. The van der Waals surface area contributed by atoms with Crippen LogP contribution in [0.15, 0.2) is 24.3 Å². The van der Waals surface area contributed by atoms with E-state index in [0.717, 1.165) is 12.1 Å². The molecule has 18 heavy (non-hydrogen) atoms. The first-order valence-electron chi connectivity index (χ1n) is 6.27. The van der Waals surface area contributed by atoms with E-state index in [4.69, 9.17) is 0 Å². The van der Waals surface area contributed by atoms with E-state index in [-0.39, 0.29) is 11.7 Å². The van der Waals surface area contributed by atoms with Crippen molar-refractivity contribution in [3.05, 3.63) is 35.6 Å². The Kier molecular flexibility index (Phi) is 6.36. The fraction of sp³-hybridized carbons (Fsp3) is 0.500. The molecular formula is C14H21FN2O. The third-order valence-corrected chi connectivity index (χ3v) is 2.73. The predicted octanol–water partition coefficient (Wildman–Crippen LogP) is 1.73. The molecule has 4 heteroatoms. The number of rotatable bonds is 7. The highest BCUT2D eigenvalue weighted by atomic mass is 19.1.